The first kappa shape index (κ1) is 16.4. The number of carboxylic acids is 1. The third kappa shape index (κ3) is 4.20. The lowest BCUT2D eigenvalue weighted by molar-refractivity contribution is -0.132. The predicted molar refractivity (Wildman–Crippen MR) is 72.8 cm³/mol. The van der Waals surface area contributed by atoms with Crippen molar-refractivity contribution in [3.05, 3.63) is 34.3 Å². The van der Waals surface area contributed by atoms with Crippen LogP contribution in [0.3, 0.4) is 0 Å². The summed E-state index contributed by atoms with van der Waals surface area (Å²) in [5.74, 6) is -2.49. The van der Waals surface area contributed by atoms with Gasteiger partial charge in [-0.3, -0.25) is 4.79 Å². The van der Waals surface area contributed by atoms with E-state index in [1.807, 2.05) is 0 Å². The van der Waals surface area contributed by atoms with Gasteiger partial charge in [0.25, 0.3) is 5.91 Å². The van der Waals surface area contributed by atoms with E-state index >= 15 is 0 Å². The summed E-state index contributed by atoms with van der Waals surface area (Å²) in [6.07, 6.45) is 0. The molecule has 0 fully saturated rings. The van der Waals surface area contributed by atoms with Gasteiger partial charge in [0.05, 0.1) is 4.90 Å². The molecule has 0 aliphatic rings. The first-order valence-electron chi connectivity index (χ1n) is 4.85. The van der Waals surface area contributed by atoms with E-state index in [2.05, 4.69) is 5.32 Å². The maximum atomic E-state index is 11.5. The molecule has 0 spiro atoms. The number of nitrogens with one attached hydrogen (secondary N) is 1. The Balaban J connectivity index is 2.93. The molecule has 4 N–H and O–H groups in total. The number of anilines is 1. The third-order valence-corrected chi connectivity index (χ3v) is 3.76. The van der Waals surface area contributed by atoms with Gasteiger partial charge in [-0.15, -0.1) is 0 Å². The van der Waals surface area contributed by atoms with Gasteiger partial charge in [0.15, 0.2) is 0 Å². The van der Waals surface area contributed by atoms with Gasteiger partial charge in [0, 0.05) is 5.69 Å². The molecule has 0 aromatic heterocycles. The predicted octanol–water partition coefficient (Wildman–Crippen LogP) is 1.05. The number of hydrogen-bond acceptors (Lipinski definition) is 4. The topological polar surface area (TPSA) is 127 Å². The maximum Gasteiger partial charge on any atom is 0.349 e. The molecule has 0 saturated heterocycles. The van der Waals surface area contributed by atoms with E-state index in [4.69, 9.17) is 33.4 Å². The highest BCUT2D eigenvalue weighted by molar-refractivity contribution is 7.89. The smallest absolute Gasteiger partial charge is 0.349 e. The third-order valence-electron chi connectivity index (χ3n) is 2.02. The number of sulfonamides is 1. The van der Waals surface area contributed by atoms with Crippen LogP contribution in [-0.4, -0.2) is 25.4 Å². The summed E-state index contributed by atoms with van der Waals surface area (Å²) >= 11 is 10.8. The van der Waals surface area contributed by atoms with Crippen molar-refractivity contribution >= 4 is 50.8 Å². The van der Waals surface area contributed by atoms with E-state index < -0.39 is 32.0 Å². The number of benzene rings is 1. The monoisotopic (exact) mass is 338 g/mol. The van der Waals surface area contributed by atoms with Crippen molar-refractivity contribution < 1.29 is 23.1 Å². The molecule has 108 valence electrons. The van der Waals surface area contributed by atoms with Crippen molar-refractivity contribution in [3.8, 4) is 0 Å². The van der Waals surface area contributed by atoms with E-state index in [1.165, 1.54) is 24.3 Å². The molecule has 0 aliphatic carbocycles. The van der Waals surface area contributed by atoms with Gasteiger partial charge in [-0.05, 0) is 24.3 Å². The fourth-order valence-corrected chi connectivity index (χ4v) is 1.84. The fourth-order valence-electron chi connectivity index (χ4n) is 1.11. The molecular formula is C10H8Cl2N2O5S. The van der Waals surface area contributed by atoms with E-state index in [1.54, 1.807) is 0 Å². The van der Waals surface area contributed by atoms with Crippen molar-refractivity contribution in [1.82, 2.24) is 0 Å². The van der Waals surface area contributed by atoms with Crippen molar-refractivity contribution in [2.24, 2.45) is 5.14 Å². The molecule has 0 heterocycles. The van der Waals surface area contributed by atoms with Crippen molar-refractivity contribution in [2.75, 3.05) is 5.32 Å². The zero-order valence-electron chi connectivity index (χ0n) is 9.63. The van der Waals surface area contributed by atoms with Crippen LogP contribution >= 0.6 is 23.2 Å². The number of halogens is 2. The summed E-state index contributed by atoms with van der Waals surface area (Å²) in [6.45, 7) is 0. The Bertz CT molecular complexity index is 682. The second kappa shape index (κ2) is 6.23. The van der Waals surface area contributed by atoms with Crippen LogP contribution in [0.25, 0.3) is 0 Å². The van der Waals surface area contributed by atoms with E-state index in [-0.39, 0.29) is 10.6 Å². The van der Waals surface area contributed by atoms with Crippen LogP contribution in [0.2, 0.25) is 0 Å². The minimum atomic E-state index is -3.84. The van der Waals surface area contributed by atoms with Gasteiger partial charge in [0.2, 0.25) is 10.0 Å². The number of carbonyl (C=O) groups excluding carboxylic acids is 1. The van der Waals surface area contributed by atoms with Gasteiger partial charge in [0.1, 0.15) is 10.1 Å². The number of rotatable bonds is 4. The number of aliphatic carboxylic acids is 1. The average Bonchev–Trinajstić information content (AvgIpc) is 2.36. The highest BCUT2D eigenvalue weighted by Gasteiger charge is 2.17. The van der Waals surface area contributed by atoms with Crippen LogP contribution in [0.1, 0.15) is 0 Å². The first-order chi connectivity index (χ1) is 9.12. The summed E-state index contributed by atoms with van der Waals surface area (Å²) in [5, 5.41) is 14.2. The standard InChI is InChI=1S/C10H8Cl2N2O5S/c11-7(8(12)10(16)17)9(15)14-5-1-3-6(4-2-5)20(13,18)19/h1-4H,(H,14,15)(H,16,17)(H2,13,18,19)/b8-7+. The summed E-state index contributed by atoms with van der Waals surface area (Å²) in [4.78, 5) is 21.9. The van der Waals surface area contributed by atoms with Crippen LogP contribution in [0, 0.1) is 0 Å². The quantitative estimate of drug-likeness (QED) is 0.707. The van der Waals surface area contributed by atoms with Crippen molar-refractivity contribution in [3.63, 3.8) is 0 Å². The Hall–Kier alpha value is -1.61. The molecule has 1 aromatic rings. The van der Waals surface area contributed by atoms with Crippen LogP contribution in [0.4, 0.5) is 5.69 Å². The lowest BCUT2D eigenvalue weighted by atomic mass is 10.3. The Morgan fingerprint density at radius 2 is 1.60 bits per heavy atom. The SMILES string of the molecule is NS(=O)(=O)c1ccc(NC(=O)/C(Cl)=C(\Cl)C(=O)O)cc1. The summed E-state index contributed by atoms with van der Waals surface area (Å²) < 4.78 is 22.0. The Morgan fingerprint density at radius 3 is 2.00 bits per heavy atom. The molecule has 1 rings (SSSR count). The van der Waals surface area contributed by atoms with Gasteiger partial charge in [-0.25, -0.2) is 18.4 Å². The number of carbonyl (C=O) groups is 2. The number of amides is 1. The molecule has 10 heteroatoms. The molecule has 1 amide bonds. The zero-order valence-corrected chi connectivity index (χ0v) is 12.0. The molecule has 0 aliphatic heterocycles. The average molecular weight is 339 g/mol. The molecule has 0 radical (unpaired) electrons. The minimum absolute atomic E-state index is 0.138. The van der Waals surface area contributed by atoms with Crippen LogP contribution in [-0.2, 0) is 19.6 Å². The number of nitrogens with two attached hydrogens (primary N) is 1. The van der Waals surface area contributed by atoms with Crippen LogP contribution in [0.5, 0.6) is 0 Å². The lowest BCUT2D eigenvalue weighted by Crippen LogP contribution is -2.15. The minimum Gasteiger partial charge on any atom is -0.477 e. The number of carboxylic acid groups (broad SMARTS) is 1. The van der Waals surface area contributed by atoms with E-state index in [9.17, 15) is 18.0 Å². The summed E-state index contributed by atoms with van der Waals surface area (Å²) in [7, 11) is -3.84. The number of hydrogen-bond donors (Lipinski definition) is 3. The molecular weight excluding hydrogens is 331 g/mol. The zero-order chi connectivity index (χ0) is 15.5. The molecule has 1 aromatic carbocycles. The molecule has 0 unspecified atom stereocenters. The van der Waals surface area contributed by atoms with E-state index in [0.29, 0.717) is 0 Å². The molecule has 0 bridgehead atoms. The van der Waals surface area contributed by atoms with Gasteiger partial charge < -0.3 is 10.4 Å². The second-order valence-electron chi connectivity index (χ2n) is 3.46. The normalized spacial score (nSPS) is 12.6. The number of primary sulfonamides is 1. The van der Waals surface area contributed by atoms with Gasteiger partial charge in [-0.1, -0.05) is 23.2 Å². The Labute approximate surface area is 124 Å². The fraction of sp³-hybridized carbons (Fsp3) is 0. The largest absolute Gasteiger partial charge is 0.477 e. The molecule has 0 saturated carbocycles. The van der Waals surface area contributed by atoms with E-state index in [0.717, 1.165) is 0 Å². The highest BCUT2D eigenvalue weighted by atomic mass is 35.5. The highest BCUT2D eigenvalue weighted by Crippen LogP contribution is 2.18. The van der Waals surface area contributed by atoms with Crippen molar-refractivity contribution in [2.45, 2.75) is 4.90 Å². The lowest BCUT2D eigenvalue weighted by Gasteiger charge is -2.05. The molecule has 20 heavy (non-hydrogen) atoms. The maximum absolute atomic E-state index is 11.5. The second-order valence-corrected chi connectivity index (χ2v) is 5.77. The molecule has 7 nitrogen and oxygen atoms in total. The van der Waals surface area contributed by atoms with Gasteiger partial charge in [-0.2, -0.15) is 0 Å². The summed E-state index contributed by atoms with van der Waals surface area (Å²) in [6, 6.07) is 4.86. The first-order valence-corrected chi connectivity index (χ1v) is 7.16. The van der Waals surface area contributed by atoms with Gasteiger partial charge >= 0.3 is 5.97 Å². The Kier molecular flexibility index (Phi) is 5.12. The molecule has 0 atom stereocenters. The Morgan fingerprint density at radius 1 is 1.10 bits per heavy atom. The summed E-state index contributed by atoms with van der Waals surface area (Å²) in [5.41, 5.74) is 0.190. The van der Waals surface area contributed by atoms with Crippen LogP contribution in [0.15, 0.2) is 39.2 Å². The van der Waals surface area contributed by atoms with Crippen molar-refractivity contribution in [1.29, 1.82) is 0 Å². The van der Waals surface area contributed by atoms with Crippen LogP contribution < -0.4 is 10.5 Å².